The molecule has 1 aromatic rings. The van der Waals surface area contributed by atoms with Crippen LogP contribution in [-0.2, 0) is 6.54 Å². The SMILES string of the molecule is CC(C)NCc1ccc(N2CCC(C(C)C)CC2)cc1Br. The molecule has 0 unspecified atom stereocenters. The highest BCUT2D eigenvalue weighted by Gasteiger charge is 2.21. The van der Waals surface area contributed by atoms with Crippen LogP contribution in [0.1, 0.15) is 46.1 Å². The van der Waals surface area contributed by atoms with Crippen LogP contribution >= 0.6 is 15.9 Å². The highest BCUT2D eigenvalue weighted by molar-refractivity contribution is 9.10. The van der Waals surface area contributed by atoms with Gasteiger partial charge >= 0.3 is 0 Å². The van der Waals surface area contributed by atoms with Crippen molar-refractivity contribution in [3.05, 3.63) is 28.2 Å². The van der Waals surface area contributed by atoms with E-state index in [0.29, 0.717) is 6.04 Å². The fraction of sp³-hybridized carbons (Fsp3) is 0.667. The number of piperidine rings is 1. The summed E-state index contributed by atoms with van der Waals surface area (Å²) in [4.78, 5) is 2.53. The molecule has 0 atom stereocenters. The summed E-state index contributed by atoms with van der Waals surface area (Å²) in [5.41, 5.74) is 2.70. The highest BCUT2D eigenvalue weighted by Crippen LogP contribution is 2.30. The average molecular weight is 353 g/mol. The number of hydrogen-bond acceptors (Lipinski definition) is 2. The summed E-state index contributed by atoms with van der Waals surface area (Å²) >= 11 is 3.73. The second-order valence-electron chi connectivity index (χ2n) is 6.88. The van der Waals surface area contributed by atoms with Gasteiger partial charge in [0.1, 0.15) is 0 Å². The molecule has 118 valence electrons. The third-order valence-corrected chi connectivity index (χ3v) is 5.32. The molecule has 1 saturated heterocycles. The largest absolute Gasteiger partial charge is 0.371 e. The van der Waals surface area contributed by atoms with Gasteiger partial charge in [0.2, 0.25) is 0 Å². The van der Waals surface area contributed by atoms with E-state index in [9.17, 15) is 0 Å². The van der Waals surface area contributed by atoms with E-state index in [0.717, 1.165) is 18.4 Å². The number of nitrogens with zero attached hydrogens (tertiary/aromatic N) is 1. The zero-order valence-electron chi connectivity index (χ0n) is 13.8. The molecule has 1 fully saturated rings. The lowest BCUT2D eigenvalue weighted by Crippen LogP contribution is -2.35. The van der Waals surface area contributed by atoms with Crippen LogP contribution < -0.4 is 10.2 Å². The number of hydrogen-bond donors (Lipinski definition) is 1. The topological polar surface area (TPSA) is 15.3 Å². The summed E-state index contributed by atoms with van der Waals surface area (Å²) in [6.45, 7) is 12.4. The van der Waals surface area contributed by atoms with E-state index in [1.807, 2.05) is 0 Å². The maximum absolute atomic E-state index is 3.73. The van der Waals surface area contributed by atoms with E-state index in [1.165, 1.54) is 41.7 Å². The quantitative estimate of drug-likeness (QED) is 0.816. The van der Waals surface area contributed by atoms with E-state index >= 15 is 0 Å². The van der Waals surface area contributed by atoms with Crippen LogP contribution in [-0.4, -0.2) is 19.1 Å². The summed E-state index contributed by atoms with van der Waals surface area (Å²) in [7, 11) is 0. The lowest BCUT2D eigenvalue weighted by atomic mass is 9.86. The molecule has 0 aliphatic carbocycles. The molecule has 0 bridgehead atoms. The van der Waals surface area contributed by atoms with Gasteiger partial charge in [-0.05, 0) is 42.4 Å². The Morgan fingerprint density at radius 1 is 1.19 bits per heavy atom. The third kappa shape index (κ3) is 4.72. The summed E-state index contributed by atoms with van der Waals surface area (Å²) in [5, 5.41) is 3.48. The molecule has 0 amide bonds. The lowest BCUT2D eigenvalue weighted by molar-refractivity contribution is 0.311. The third-order valence-electron chi connectivity index (χ3n) is 4.58. The minimum atomic E-state index is 0.520. The average Bonchev–Trinajstić information content (AvgIpc) is 2.46. The van der Waals surface area contributed by atoms with Crippen molar-refractivity contribution in [2.75, 3.05) is 18.0 Å². The van der Waals surface area contributed by atoms with Gasteiger partial charge in [0.15, 0.2) is 0 Å². The molecule has 1 N–H and O–H groups in total. The van der Waals surface area contributed by atoms with Crippen molar-refractivity contribution in [1.82, 2.24) is 5.32 Å². The molecular weight excluding hydrogens is 324 g/mol. The Bertz CT molecular complexity index is 449. The minimum Gasteiger partial charge on any atom is -0.371 e. The van der Waals surface area contributed by atoms with Crippen LogP contribution in [0, 0.1) is 11.8 Å². The molecule has 1 heterocycles. The van der Waals surface area contributed by atoms with Crippen LogP contribution in [0.5, 0.6) is 0 Å². The molecule has 2 nitrogen and oxygen atoms in total. The van der Waals surface area contributed by atoms with Crippen molar-refractivity contribution in [3.8, 4) is 0 Å². The first-order valence-electron chi connectivity index (χ1n) is 8.24. The highest BCUT2D eigenvalue weighted by atomic mass is 79.9. The van der Waals surface area contributed by atoms with E-state index in [-0.39, 0.29) is 0 Å². The first kappa shape index (κ1) is 16.8. The van der Waals surface area contributed by atoms with Gasteiger partial charge in [-0.15, -0.1) is 0 Å². The van der Waals surface area contributed by atoms with Gasteiger partial charge in [-0.1, -0.05) is 49.7 Å². The Morgan fingerprint density at radius 3 is 2.38 bits per heavy atom. The van der Waals surface area contributed by atoms with Crippen LogP contribution in [0.15, 0.2) is 22.7 Å². The second kappa shape index (κ2) is 7.64. The number of rotatable bonds is 5. The monoisotopic (exact) mass is 352 g/mol. The zero-order chi connectivity index (χ0) is 15.4. The Labute approximate surface area is 138 Å². The van der Waals surface area contributed by atoms with Crippen molar-refractivity contribution in [2.24, 2.45) is 11.8 Å². The van der Waals surface area contributed by atoms with Crippen molar-refractivity contribution in [1.29, 1.82) is 0 Å². The van der Waals surface area contributed by atoms with Crippen molar-refractivity contribution < 1.29 is 0 Å². The number of benzene rings is 1. The van der Waals surface area contributed by atoms with Gasteiger partial charge in [0.05, 0.1) is 0 Å². The Hall–Kier alpha value is -0.540. The molecule has 0 spiro atoms. The van der Waals surface area contributed by atoms with Gasteiger partial charge in [-0.3, -0.25) is 0 Å². The normalized spacial score (nSPS) is 17.0. The molecule has 21 heavy (non-hydrogen) atoms. The predicted octanol–water partition coefficient (Wildman–Crippen LogP) is 4.82. The minimum absolute atomic E-state index is 0.520. The maximum atomic E-state index is 3.73. The Balaban J connectivity index is 1.97. The molecule has 1 aromatic carbocycles. The first-order chi connectivity index (χ1) is 9.97. The summed E-state index contributed by atoms with van der Waals surface area (Å²) in [6, 6.07) is 7.33. The zero-order valence-corrected chi connectivity index (χ0v) is 15.4. The molecule has 0 aromatic heterocycles. The van der Waals surface area contributed by atoms with E-state index in [2.05, 4.69) is 72.0 Å². The fourth-order valence-electron chi connectivity index (χ4n) is 3.01. The molecule has 0 saturated carbocycles. The van der Waals surface area contributed by atoms with Crippen molar-refractivity contribution >= 4 is 21.6 Å². The molecule has 3 heteroatoms. The lowest BCUT2D eigenvalue weighted by Gasteiger charge is -2.35. The summed E-state index contributed by atoms with van der Waals surface area (Å²) < 4.78 is 1.22. The van der Waals surface area contributed by atoms with Crippen molar-refractivity contribution in [2.45, 2.75) is 53.1 Å². The van der Waals surface area contributed by atoms with Crippen LogP contribution in [0.3, 0.4) is 0 Å². The first-order valence-corrected chi connectivity index (χ1v) is 9.03. The maximum Gasteiger partial charge on any atom is 0.0377 e. The van der Waals surface area contributed by atoms with Gasteiger partial charge in [-0.2, -0.15) is 0 Å². The Morgan fingerprint density at radius 2 is 1.86 bits per heavy atom. The van der Waals surface area contributed by atoms with Crippen LogP contribution in [0.2, 0.25) is 0 Å². The van der Waals surface area contributed by atoms with E-state index in [4.69, 9.17) is 0 Å². The smallest absolute Gasteiger partial charge is 0.0377 e. The molecule has 1 aliphatic rings. The number of nitrogens with one attached hydrogen (secondary N) is 1. The summed E-state index contributed by atoms with van der Waals surface area (Å²) in [6.07, 6.45) is 2.65. The molecule has 1 aliphatic heterocycles. The van der Waals surface area contributed by atoms with E-state index < -0.39 is 0 Å². The predicted molar refractivity (Wildman–Crippen MR) is 95.9 cm³/mol. The van der Waals surface area contributed by atoms with Crippen LogP contribution in [0.25, 0.3) is 0 Å². The summed E-state index contributed by atoms with van der Waals surface area (Å²) in [5.74, 6) is 1.72. The number of halogens is 1. The van der Waals surface area contributed by atoms with Gasteiger partial charge < -0.3 is 10.2 Å². The van der Waals surface area contributed by atoms with Crippen molar-refractivity contribution in [3.63, 3.8) is 0 Å². The molecular formula is C18H29BrN2. The van der Waals surface area contributed by atoms with Crippen LogP contribution in [0.4, 0.5) is 5.69 Å². The Kier molecular flexibility index (Phi) is 6.12. The van der Waals surface area contributed by atoms with Gasteiger partial charge in [0, 0.05) is 35.8 Å². The molecule has 2 rings (SSSR count). The molecule has 0 radical (unpaired) electrons. The van der Waals surface area contributed by atoms with Gasteiger partial charge in [-0.25, -0.2) is 0 Å². The van der Waals surface area contributed by atoms with E-state index in [1.54, 1.807) is 0 Å². The second-order valence-corrected chi connectivity index (χ2v) is 7.73. The number of anilines is 1. The fourth-order valence-corrected chi connectivity index (χ4v) is 3.52. The van der Waals surface area contributed by atoms with Gasteiger partial charge in [0.25, 0.3) is 0 Å². The standard InChI is InChI=1S/C18H29BrN2/c1-13(2)15-7-9-21(10-8-15)17-6-5-16(18(19)11-17)12-20-14(3)4/h5-6,11,13-15,20H,7-10,12H2,1-4H3.